The molecular weight excluding hydrogens is 929 g/mol. The molecule has 2 aromatic heterocycles. The van der Waals surface area contributed by atoms with Crippen LogP contribution in [0.1, 0.15) is 25.0 Å². The number of fused-ring (bicyclic) bond motifs is 14. The van der Waals surface area contributed by atoms with Crippen LogP contribution in [-0.2, 0) is 5.41 Å². The number of benzene rings is 12. The summed E-state index contributed by atoms with van der Waals surface area (Å²) in [6.45, 7) is 4.78. The summed E-state index contributed by atoms with van der Waals surface area (Å²) in [5.41, 5.74) is 18.2. The van der Waals surface area contributed by atoms with E-state index in [2.05, 4.69) is 272 Å². The molecule has 0 fully saturated rings. The van der Waals surface area contributed by atoms with E-state index < -0.39 is 0 Å². The van der Waals surface area contributed by atoms with E-state index in [0.717, 1.165) is 67.2 Å². The van der Waals surface area contributed by atoms with Gasteiger partial charge in [-0.1, -0.05) is 190 Å². The van der Waals surface area contributed by atoms with Crippen LogP contribution in [0.3, 0.4) is 0 Å². The molecule has 0 amide bonds. The lowest BCUT2D eigenvalue weighted by Gasteiger charge is -2.28. The van der Waals surface area contributed by atoms with Crippen molar-refractivity contribution in [2.75, 3.05) is 9.80 Å². The third-order valence-electron chi connectivity index (χ3n) is 15.8. The van der Waals surface area contributed by atoms with Crippen molar-refractivity contribution in [3.8, 4) is 33.4 Å². The average molecular weight is 977 g/mol. The third-order valence-corrected chi connectivity index (χ3v) is 17.0. The number of nitrogens with zero attached hydrogens (tertiary/aromatic N) is 2. The molecule has 4 heteroatoms. The number of anilines is 6. The Kier molecular flexibility index (Phi) is 9.79. The highest BCUT2D eigenvalue weighted by molar-refractivity contribution is 7.27. The number of furan rings is 1. The zero-order valence-electron chi connectivity index (χ0n) is 41.5. The summed E-state index contributed by atoms with van der Waals surface area (Å²) in [5.74, 6) is 0. The molecular formula is C71H48N2OS. The molecule has 15 rings (SSSR count). The molecule has 0 saturated heterocycles. The molecule has 0 aliphatic heterocycles. The van der Waals surface area contributed by atoms with E-state index in [-0.39, 0.29) is 5.41 Å². The number of hydrogen-bond acceptors (Lipinski definition) is 4. The zero-order valence-corrected chi connectivity index (χ0v) is 42.3. The van der Waals surface area contributed by atoms with Gasteiger partial charge >= 0.3 is 0 Å². The number of para-hydroxylation sites is 5. The molecule has 354 valence electrons. The lowest BCUT2D eigenvalue weighted by Crippen LogP contribution is -2.16. The summed E-state index contributed by atoms with van der Waals surface area (Å²) in [4.78, 5) is 4.76. The van der Waals surface area contributed by atoms with Gasteiger partial charge in [0, 0.05) is 70.1 Å². The van der Waals surface area contributed by atoms with Gasteiger partial charge in [-0.05, 0) is 134 Å². The fourth-order valence-electron chi connectivity index (χ4n) is 12.3. The van der Waals surface area contributed by atoms with Gasteiger partial charge < -0.3 is 14.2 Å². The monoisotopic (exact) mass is 976 g/mol. The topological polar surface area (TPSA) is 19.6 Å². The number of rotatable bonds is 8. The fraction of sp³-hybridized carbons (Fsp3) is 0.0423. The van der Waals surface area contributed by atoms with Crippen LogP contribution < -0.4 is 9.80 Å². The van der Waals surface area contributed by atoms with Gasteiger partial charge in [0.05, 0.1) is 11.4 Å². The zero-order chi connectivity index (χ0) is 49.8. The van der Waals surface area contributed by atoms with Gasteiger partial charge in [0.2, 0.25) is 0 Å². The molecule has 0 N–H and O–H groups in total. The normalized spacial score (nSPS) is 12.8. The van der Waals surface area contributed by atoms with Crippen molar-refractivity contribution in [3.05, 3.63) is 266 Å². The van der Waals surface area contributed by atoms with Crippen LogP contribution in [0.25, 0.3) is 97.0 Å². The third kappa shape index (κ3) is 6.80. The van der Waals surface area contributed by atoms with E-state index in [9.17, 15) is 0 Å². The van der Waals surface area contributed by atoms with E-state index in [1.807, 2.05) is 17.4 Å². The lowest BCUT2D eigenvalue weighted by atomic mass is 9.81. The predicted octanol–water partition coefficient (Wildman–Crippen LogP) is 20.8. The smallest absolute Gasteiger partial charge is 0.159 e. The van der Waals surface area contributed by atoms with E-state index in [0.29, 0.717) is 0 Å². The van der Waals surface area contributed by atoms with Gasteiger partial charge in [-0.15, -0.1) is 11.3 Å². The maximum Gasteiger partial charge on any atom is 0.159 e. The van der Waals surface area contributed by atoms with Crippen molar-refractivity contribution in [3.63, 3.8) is 0 Å². The Morgan fingerprint density at radius 3 is 1.71 bits per heavy atom. The summed E-state index contributed by atoms with van der Waals surface area (Å²) < 4.78 is 9.32. The molecule has 0 spiro atoms. The van der Waals surface area contributed by atoms with Crippen LogP contribution in [-0.4, -0.2) is 0 Å². The van der Waals surface area contributed by atoms with Gasteiger partial charge in [0.15, 0.2) is 5.58 Å². The van der Waals surface area contributed by atoms with Crippen LogP contribution in [0, 0.1) is 0 Å². The van der Waals surface area contributed by atoms with Crippen molar-refractivity contribution in [2.24, 2.45) is 0 Å². The molecule has 75 heavy (non-hydrogen) atoms. The highest BCUT2D eigenvalue weighted by Crippen LogP contribution is 2.53. The van der Waals surface area contributed by atoms with E-state index >= 15 is 0 Å². The van der Waals surface area contributed by atoms with E-state index in [1.165, 1.54) is 75.1 Å². The molecule has 14 aromatic rings. The van der Waals surface area contributed by atoms with Crippen molar-refractivity contribution in [2.45, 2.75) is 19.3 Å². The second-order valence-corrected chi connectivity index (χ2v) is 21.4. The van der Waals surface area contributed by atoms with Crippen LogP contribution >= 0.6 is 11.3 Å². The Labute approximate surface area is 439 Å². The first kappa shape index (κ1) is 43.4. The molecule has 0 bridgehead atoms. The molecule has 0 radical (unpaired) electrons. The Morgan fingerprint density at radius 2 is 0.920 bits per heavy atom. The minimum Gasteiger partial charge on any atom is -0.454 e. The van der Waals surface area contributed by atoms with Crippen LogP contribution in [0.4, 0.5) is 34.1 Å². The average Bonchev–Trinajstić information content (AvgIpc) is 4.15. The van der Waals surface area contributed by atoms with Gasteiger partial charge in [0.1, 0.15) is 5.58 Å². The van der Waals surface area contributed by atoms with Crippen molar-refractivity contribution in [1.82, 2.24) is 0 Å². The predicted molar refractivity (Wildman–Crippen MR) is 319 cm³/mol. The molecule has 0 saturated carbocycles. The number of hydrogen-bond donors (Lipinski definition) is 0. The van der Waals surface area contributed by atoms with E-state index in [1.54, 1.807) is 0 Å². The Hall–Kier alpha value is -9.22. The maximum absolute atomic E-state index is 6.77. The first-order valence-corrected chi connectivity index (χ1v) is 26.6. The summed E-state index contributed by atoms with van der Waals surface area (Å²) in [5, 5.41) is 9.87. The minimum atomic E-state index is -0.209. The summed E-state index contributed by atoms with van der Waals surface area (Å²) in [6.07, 6.45) is 0. The van der Waals surface area contributed by atoms with Crippen molar-refractivity contribution >= 4 is 109 Å². The quantitative estimate of drug-likeness (QED) is 0.142. The summed E-state index contributed by atoms with van der Waals surface area (Å²) in [7, 11) is 0. The minimum absolute atomic E-state index is 0.209. The molecule has 1 aliphatic rings. The summed E-state index contributed by atoms with van der Waals surface area (Å²) in [6, 6.07) is 93.1. The van der Waals surface area contributed by atoms with Crippen molar-refractivity contribution in [1.29, 1.82) is 0 Å². The van der Waals surface area contributed by atoms with Crippen molar-refractivity contribution < 1.29 is 4.42 Å². The number of thiophene rings is 1. The molecule has 0 unspecified atom stereocenters. The van der Waals surface area contributed by atoms with Gasteiger partial charge in [-0.25, -0.2) is 0 Å². The molecule has 0 atom stereocenters. The summed E-state index contributed by atoms with van der Waals surface area (Å²) >= 11 is 1.89. The maximum atomic E-state index is 6.77. The Balaban J connectivity index is 0.857. The SMILES string of the molecule is CC1(C)c2cc(-c3ccc4c(c3)c3ccccc3c3c5ccc(N(c6ccccc6-c6ccccc6)c6cccc7c6oc6ccccc67)cc5sc43)ccc2-c2ccc(N(c3ccccc3)c3ccccc3)cc21. The second-order valence-electron chi connectivity index (χ2n) is 20.4. The molecule has 2 heterocycles. The van der Waals surface area contributed by atoms with Gasteiger partial charge in [-0.3, -0.25) is 0 Å². The standard InChI is InChI=1S/C71H48N2OS/c1-71(2)62-42-47(33-37-54(62)55-39-35-50(43-63(55)71)72(48-21-8-4-9-22-48)49-23-10-5-11-24-49)46-34-38-59-61(41-46)53-26-12-13-28-57(53)68-60-40-36-51(44-67(60)75-70(59)68)73(64-30-16-14-25-52(64)45-19-6-3-7-20-45)65-31-18-29-58-56-27-15-17-32-66(56)74-69(58)65/h3-44H,1-2H3. The lowest BCUT2D eigenvalue weighted by molar-refractivity contribution is 0.660. The van der Waals surface area contributed by atoms with Gasteiger partial charge in [-0.2, -0.15) is 0 Å². The molecule has 3 nitrogen and oxygen atoms in total. The van der Waals surface area contributed by atoms with Gasteiger partial charge in [0.25, 0.3) is 0 Å². The van der Waals surface area contributed by atoms with Crippen LogP contribution in [0.15, 0.2) is 259 Å². The van der Waals surface area contributed by atoms with Crippen LogP contribution in [0.2, 0.25) is 0 Å². The highest BCUT2D eigenvalue weighted by atomic mass is 32.1. The Bertz CT molecular complexity index is 4530. The fourth-order valence-corrected chi connectivity index (χ4v) is 13.5. The molecule has 1 aliphatic carbocycles. The van der Waals surface area contributed by atoms with E-state index in [4.69, 9.17) is 4.42 Å². The first-order chi connectivity index (χ1) is 37.0. The van der Waals surface area contributed by atoms with Crippen LogP contribution in [0.5, 0.6) is 0 Å². The Morgan fingerprint density at radius 1 is 0.347 bits per heavy atom. The largest absolute Gasteiger partial charge is 0.454 e. The first-order valence-electron chi connectivity index (χ1n) is 25.8. The second kappa shape index (κ2) is 16.9. The highest BCUT2D eigenvalue weighted by Gasteiger charge is 2.36. The molecule has 12 aromatic carbocycles.